The summed E-state index contributed by atoms with van der Waals surface area (Å²) in [5.74, 6) is -0.136. The van der Waals surface area contributed by atoms with Crippen LogP contribution >= 0.6 is 0 Å². The molecule has 20 heavy (non-hydrogen) atoms. The molecule has 5 nitrogen and oxygen atoms in total. The van der Waals surface area contributed by atoms with E-state index in [1.54, 1.807) is 6.07 Å². The number of rotatable bonds is 8. The Morgan fingerprint density at radius 1 is 1.45 bits per heavy atom. The van der Waals surface area contributed by atoms with E-state index in [1.807, 2.05) is 0 Å². The first-order valence-electron chi connectivity index (χ1n) is 6.69. The van der Waals surface area contributed by atoms with Crippen LogP contribution in [0.25, 0.3) is 0 Å². The second-order valence-electron chi connectivity index (χ2n) is 4.75. The van der Waals surface area contributed by atoms with E-state index in [9.17, 15) is 4.39 Å². The molecule has 0 aliphatic carbocycles. The second kappa shape index (κ2) is 8.50. The third kappa shape index (κ3) is 5.14. The van der Waals surface area contributed by atoms with Crippen LogP contribution in [-0.4, -0.2) is 29.3 Å². The highest BCUT2D eigenvalue weighted by molar-refractivity contribution is 5.97. The average Bonchev–Trinajstić information content (AvgIpc) is 2.44. The van der Waals surface area contributed by atoms with Gasteiger partial charge in [0.2, 0.25) is 0 Å². The molecule has 0 saturated heterocycles. The predicted molar refractivity (Wildman–Crippen MR) is 76.1 cm³/mol. The molecule has 0 saturated carbocycles. The topological polar surface area (TPSA) is 90.9 Å². The summed E-state index contributed by atoms with van der Waals surface area (Å²) in [4.78, 5) is 0. The van der Waals surface area contributed by atoms with Gasteiger partial charge in [-0.2, -0.15) is 0 Å². The van der Waals surface area contributed by atoms with Crippen molar-refractivity contribution in [3.8, 4) is 0 Å². The first kappa shape index (κ1) is 16.4. The normalized spacial score (nSPS) is 13.4. The first-order chi connectivity index (χ1) is 9.60. The smallest absolute Gasteiger partial charge is 0.170 e. The number of hydrogen-bond donors (Lipinski definition) is 4. The molecule has 1 rings (SSSR count). The fourth-order valence-electron chi connectivity index (χ4n) is 2.01. The summed E-state index contributed by atoms with van der Waals surface area (Å²) in [6, 6.07) is 4.31. The van der Waals surface area contributed by atoms with Gasteiger partial charge in [-0.05, 0) is 42.6 Å². The monoisotopic (exact) mass is 283 g/mol. The van der Waals surface area contributed by atoms with Crippen LogP contribution in [-0.2, 0) is 6.54 Å². The quantitative estimate of drug-likeness (QED) is 0.251. The van der Waals surface area contributed by atoms with Crippen LogP contribution in [0.1, 0.15) is 30.9 Å². The maximum Gasteiger partial charge on any atom is 0.170 e. The highest BCUT2D eigenvalue weighted by atomic mass is 19.1. The Morgan fingerprint density at radius 3 is 2.80 bits per heavy atom. The van der Waals surface area contributed by atoms with E-state index >= 15 is 0 Å². The molecule has 0 heterocycles. The van der Waals surface area contributed by atoms with Crippen LogP contribution in [0.15, 0.2) is 23.4 Å². The second-order valence-corrected chi connectivity index (χ2v) is 4.75. The zero-order valence-corrected chi connectivity index (χ0v) is 11.6. The standard InChI is InChI=1S/C14H22FN3O2/c1-2-10(3-4-19)8-17-9-11-5-12(14(16)18-20)7-13(15)6-11/h5-7,10,17,19-20H,2-4,8-9H2,1H3,(H2,16,18). The Balaban J connectivity index is 2.62. The summed E-state index contributed by atoms with van der Waals surface area (Å²) in [5.41, 5.74) is 6.54. The Hall–Kier alpha value is -1.66. The lowest BCUT2D eigenvalue weighted by Crippen LogP contribution is -2.23. The zero-order valence-electron chi connectivity index (χ0n) is 11.6. The summed E-state index contributed by atoms with van der Waals surface area (Å²) in [5, 5.41) is 23.6. The van der Waals surface area contributed by atoms with Crippen molar-refractivity contribution in [3.05, 3.63) is 35.1 Å². The van der Waals surface area contributed by atoms with Crippen molar-refractivity contribution < 1.29 is 14.7 Å². The molecule has 0 fully saturated rings. The van der Waals surface area contributed by atoms with Gasteiger partial charge >= 0.3 is 0 Å². The van der Waals surface area contributed by atoms with Crippen LogP contribution in [0.2, 0.25) is 0 Å². The molecule has 0 aliphatic heterocycles. The van der Waals surface area contributed by atoms with Crippen LogP contribution in [0.4, 0.5) is 4.39 Å². The highest BCUT2D eigenvalue weighted by Gasteiger charge is 2.07. The number of amidine groups is 1. The third-order valence-corrected chi connectivity index (χ3v) is 3.24. The van der Waals surface area contributed by atoms with Gasteiger partial charge < -0.3 is 21.4 Å². The Bertz CT molecular complexity index is 452. The lowest BCUT2D eigenvalue weighted by Gasteiger charge is -2.14. The minimum atomic E-state index is -0.423. The summed E-state index contributed by atoms with van der Waals surface area (Å²) in [6.07, 6.45) is 1.73. The van der Waals surface area contributed by atoms with Crippen LogP contribution < -0.4 is 11.1 Å². The van der Waals surface area contributed by atoms with Gasteiger partial charge in [-0.3, -0.25) is 0 Å². The summed E-state index contributed by atoms with van der Waals surface area (Å²) < 4.78 is 13.4. The summed E-state index contributed by atoms with van der Waals surface area (Å²) >= 11 is 0. The van der Waals surface area contributed by atoms with E-state index < -0.39 is 5.82 Å². The molecule has 0 amide bonds. The van der Waals surface area contributed by atoms with Crippen molar-refractivity contribution in [2.75, 3.05) is 13.2 Å². The fraction of sp³-hybridized carbons (Fsp3) is 0.500. The molecule has 0 bridgehead atoms. The first-order valence-corrected chi connectivity index (χ1v) is 6.69. The number of aliphatic hydroxyl groups is 1. The zero-order chi connectivity index (χ0) is 15.0. The van der Waals surface area contributed by atoms with E-state index in [2.05, 4.69) is 17.4 Å². The number of hydrogen-bond acceptors (Lipinski definition) is 4. The number of halogens is 1. The van der Waals surface area contributed by atoms with E-state index in [0.717, 1.165) is 24.9 Å². The molecule has 5 N–H and O–H groups in total. The Labute approximate surface area is 118 Å². The largest absolute Gasteiger partial charge is 0.409 e. The van der Waals surface area contributed by atoms with Gasteiger partial charge in [0.25, 0.3) is 0 Å². The summed E-state index contributed by atoms with van der Waals surface area (Å²) in [6.45, 7) is 3.49. The van der Waals surface area contributed by atoms with Gasteiger partial charge in [0.05, 0.1) is 0 Å². The number of nitrogens with zero attached hydrogens (tertiary/aromatic N) is 1. The van der Waals surface area contributed by atoms with Crippen molar-refractivity contribution in [2.45, 2.75) is 26.3 Å². The van der Waals surface area contributed by atoms with Crippen molar-refractivity contribution in [1.82, 2.24) is 5.32 Å². The van der Waals surface area contributed by atoms with E-state index in [-0.39, 0.29) is 12.4 Å². The van der Waals surface area contributed by atoms with Crippen molar-refractivity contribution in [1.29, 1.82) is 0 Å². The average molecular weight is 283 g/mol. The lowest BCUT2D eigenvalue weighted by molar-refractivity contribution is 0.251. The van der Waals surface area contributed by atoms with Crippen LogP contribution in [0.3, 0.4) is 0 Å². The Morgan fingerprint density at radius 2 is 2.20 bits per heavy atom. The lowest BCUT2D eigenvalue weighted by atomic mass is 10.0. The van der Waals surface area contributed by atoms with Crippen LogP contribution in [0.5, 0.6) is 0 Å². The maximum absolute atomic E-state index is 13.4. The van der Waals surface area contributed by atoms with Gasteiger partial charge in [0.1, 0.15) is 5.82 Å². The molecular formula is C14H22FN3O2. The van der Waals surface area contributed by atoms with E-state index in [0.29, 0.717) is 18.0 Å². The van der Waals surface area contributed by atoms with Crippen molar-refractivity contribution in [3.63, 3.8) is 0 Å². The molecule has 0 radical (unpaired) electrons. The number of benzene rings is 1. The van der Waals surface area contributed by atoms with Gasteiger partial charge in [0, 0.05) is 18.7 Å². The highest BCUT2D eigenvalue weighted by Crippen LogP contribution is 2.10. The molecule has 0 spiro atoms. The molecule has 112 valence electrons. The number of nitrogens with two attached hydrogens (primary N) is 1. The Kier molecular flexibility index (Phi) is 6.97. The molecule has 0 aliphatic rings. The predicted octanol–water partition coefficient (Wildman–Crippen LogP) is 1.42. The maximum atomic E-state index is 13.4. The fourth-order valence-corrected chi connectivity index (χ4v) is 2.01. The third-order valence-electron chi connectivity index (χ3n) is 3.24. The number of nitrogens with one attached hydrogen (secondary N) is 1. The SMILES string of the molecule is CCC(CCO)CNCc1cc(F)cc(/C(N)=N/O)c1. The van der Waals surface area contributed by atoms with E-state index in [1.165, 1.54) is 12.1 Å². The van der Waals surface area contributed by atoms with Gasteiger partial charge in [-0.25, -0.2) is 4.39 Å². The van der Waals surface area contributed by atoms with Crippen LogP contribution in [0, 0.1) is 11.7 Å². The molecule has 0 aromatic heterocycles. The van der Waals surface area contributed by atoms with E-state index in [4.69, 9.17) is 16.0 Å². The molecule has 1 aromatic carbocycles. The van der Waals surface area contributed by atoms with Gasteiger partial charge in [-0.15, -0.1) is 0 Å². The molecule has 1 atom stereocenters. The minimum absolute atomic E-state index is 0.113. The minimum Gasteiger partial charge on any atom is -0.409 e. The molecular weight excluding hydrogens is 261 g/mol. The van der Waals surface area contributed by atoms with Crippen molar-refractivity contribution in [2.24, 2.45) is 16.8 Å². The summed E-state index contributed by atoms with van der Waals surface area (Å²) in [7, 11) is 0. The molecule has 1 unspecified atom stereocenters. The van der Waals surface area contributed by atoms with Gasteiger partial charge in [-0.1, -0.05) is 18.5 Å². The molecule has 6 heteroatoms. The number of oxime groups is 1. The van der Waals surface area contributed by atoms with Crippen molar-refractivity contribution >= 4 is 5.84 Å². The number of aliphatic hydroxyl groups excluding tert-OH is 1. The molecule has 1 aromatic rings. The van der Waals surface area contributed by atoms with Gasteiger partial charge in [0.15, 0.2) is 5.84 Å².